The average Bonchev–Trinajstić information content (AvgIpc) is 3.28. The zero-order valence-corrected chi connectivity index (χ0v) is 16.8. The number of carbonyl (C=O) groups is 2. The highest BCUT2D eigenvalue weighted by molar-refractivity contribution is 6.05. The number of phenols is 1. The van der Waals surface area contributed by atoms with Gasteiger partial charge in [-0.1, -0.05) is 36.4 Å². The van der Waals surface area contributed by atoms with Crippen LogP contribution in [-0.4, -0.2) is 23.1 Å². The van der Waals surface area contributed by atoms with Crippen molar-refractivity contribution in [2.75, 3.05) is 0 Å². The first-order valence-electron chi connectivity index (χ1n) is 9.44. The first-order chi connectivity index (χ1) is 15.0. The van der Waals surface area contributed by atoms with E-state index in [-0.39, 0.29) is 11.4 Å². The third kappa shape index (κ3) is 6.30. The number of carbonyl (C=O) groups excluding carboxylic acids is 2. The molecule has 7 heteroatoms. The first kappa shape index (κ1) is 21.3. The number of benzene rings is 2. The number of hydrogen-bond acceptors (Lipinski definition) is 5. The standard InChI is InChI=1S/C24H21N3O4/c1-17(14-20-11-7-13-31-20)16-25-27-24(30)21(15-19-10-5-6-12-22(19)28)26-23(29)18-8-3-2-4-9-18/h2-16,28H,1H3,(H,26,29)(H,27,30)/b17-14+,21-15+,25-16-. The lowest BCUT2D eigenvalue weighted by Gasteiger charge is -2.09. The minimum Gasteiger partial charge on any atom is -0.507 e. The van der Waals surface area contributed by atoms with Crippen molar-refractivity contribution in [1.82, 2.24) is 10.7 Å². The summed E-state index contributed by atoms with van der Waals surface area (Å²) in [5, 5.41) is 16.5. The summed E-state index contributed by atoms with van der Waals surface area (Å²) in [5.41, 5.74) is 3.82. The SMILES string of the molecule is CC(/C=N\NC(=O)/C(=C\c1ccccc1O)NC(=O)c1ccccc1)=C\c1ccco1. The number of aromatic hydroxyl groups is 1. The van der Waals surface area contributed by atoms with Crippen molar-refractivity contribution < 1.29 is 19.1 Å². The van der Waals surface area contributed by atoms with Gasteiger partial charge in [-0.3, -0.25) is 9.59 Å². The molecule has 0 aliphatic rings. The Hall–Kier alpha value is -4.39. The van der Waals surface area contributed by atoms with E-state index in [4.69, 9.17) is 4.42 Å². The van der Waals surface area contributed by atoms with Gasteiger partial charge >= 0.3 is 0 Å². The van der Waals surface area contributed by atoms with Crippen LogP contribution in [0.25, 0.3) is 12.2 Å². The highest BCUT2D eigenvalue weighted by Crippen LogP contribution is 2.18. The minimum absolute atomic E-state index is 0.0255. The molecule has 156 valence electrons. The van der Waals surface area contributed by atoms with Crippen molar-refractivity contribution in [3.05, 3.63) is 101 Å². The summed E-state index contributed by atoms with van der Waals surface area (Å²) >= 11 is 0. The Balaban J connectivity index is 1.78. The molecule has 0 aliphatic carbocycles. The van der Waals surface area contributed by atoms with Crippen molar-refractivity contribution in [2.24, 2.45) is 5.10 Å². The second-order valence-electron chi connectivity index (χ2n) is 6.54. The van der Waals surface area contributed by atoms with Crippen molar-refractivity contribution in [3.63, 3.8) is 0 Å². The predicted octanol–water partition coefficient (Wildman–Crippen LogP) is 3.96. The summed E-state index contributed by atoms with van der Waals surface area (Å²) in [4.78, 5) is 25.2. The van der Waals surface area contributed by atoms with Crippen LogP contribution in [0.3, 0.4) is 0 Å². The molecular formula is C24H21N3O4. The van der Waals surface area contributed by atoms with Crippen LogP contribution in [-0.2, 0) is 4.79 Å². The van der Waals surface area contributed by atoms with Gasteiger partial charge in [-0.25, -0.2) is 5.43 Å². The number of hydrogen-bond donors (Lipinski definition) is 3. The van der Waals surface area contributed by atoms with Gasteiger partial charge in [0.15, 0.2) is 0 Å². The molecule has 0 saturated heterocycles. The molecular weight excluding hydrogens is 394 g/mol. The number of phenolic OH excluding ortho intramolecular Hbond substituents is 1. The summed E-state index contributed by atoms with van der Waals surface area (Å²) in [6.07, 6.45) is 6.15. The highest BCUT2D eigenvalue weighted by atomic mass is 16.3. The molecule has 2 aromatic carbocycles. The Labute approximate surface area is 179 Å². The first-order valence-corrected chi connectivity index (χ1v) is 9.44. The van der Waals surface area contributed by atoms with Crippen molar-refractivity contribution >= 4 is 30.2 Å². The second kappa shape index (κ2) is 10.4. The van der Waals surface area contributed by atoms with E-state index in [2.05, 4.69) is 15.8 Å². The summed E-state index contributed by atoms with van der Waals surface area (Å²) in [6, 6.07) is 18.5. The molecule has 31 heavy (non-hydrogen) atoms. The van der Waals surface area contributed by atoms with Gasteiger partial charge in [-0.15, -0.1) is 0 Å². The summed E-state index contributed by atoms with van der Waals surface area (Å²) in [6.45, 7) is 1.80. The predicted molar refractivity (Wildman–Crippen MR) is 119 cm³/mol. The number of rotatable bonds is 7. The number of furan rings is 1. The molecule has 3 rings (SSSR count). The summed E-state index contributed by atoms with van der Waals surface area (Å²) in [7, 11) is 0. The quantitative estimate of drug-likeness (QED) is 0.309. The van der Waals surface area contributed by atoms with Crippen LogP contribution >= 0.6 is 0 Å². The fraction of sp³-hybridized carbons (Fsp3) is 0.0417. The number of nitrogens with one attached hydrogen (secondary N) is 2. The van der Waals surface area contributed by atoms with Crippen LogP contribution in [0, 0.1) is 0 Å². The molecule has 1 aromatic heterocycles. The molecule has 0 atom stereocenters. The van der Waals surface area contributed by atoms with Crippen LogP contribution in [0.4, 0.5) is 0 Å². The lowest BCUT2D eigenvalue weighted by atomic mass is 10.1. The normalized spacial score (nSPS) is 12.0. The zero-order valence-electron chi connectivity index (χ0n) is 16.8. The number of hydrazone groups is 1. The zero-order chi connectivity index (χ0) is 22.1. The number of para-hydroxylation sites is 1. The van der Waals surface area contributed by atoms with Gasteiger partial charge in [0, 0.05) is 11.1 Å². The Morgan fingerprint density at radius 2 is 1.71 bits per heavy atom. The van der Waals surface area contributed by atoms with Gasteiger partial charge < -0.3 is 14.8 Å². The topological polar surface area (TPSA) is 104 Å². The molecule has 0 unspecified atom stereocenters. The van der Waals surface area contributed by atoms with Crippen molar-refractivity contribution in [1.29, 1.82) is 0 Å². The van der Waals surface area contributed by atoms with Crippen molar-refractivity contribution in [2.45, 2.75) is 6.92 Å². The fourth-order valence-electron chi connectivity index (χ4n) is 2.60. The maximum absolute atomic E-state index is 12.7. The molecule has 0 saturated carbocycles. The van der Waals surface area contributed by atoms with Gasteiger partial charge in [-0.05, 0) is 55.0 Å². The van der Waals surface area contributed by atoms with E-state index in [0.29, 0.717) is 16.9 Å². The van der Waals surface area contributed by atoms with Gasteiger partial charge in [0.1, 0.15) is 17.2 Å². The summed E-state index contributed by atoms with van der Waals surface area (Å²) < 4.78 is 5.23. The lowest BCUT2D eigenvalue weighted by Crippen LogP contribution is -2.32. The Bertz CT molecular complexity index is 1130. The average molecular weight is 415 g/mol. The maximum atomic E-state index is 12.7. The van der Waals surface area contributed by atoms with Gasteiger partial charge in [0.25, 0.3) is 11.8 Å². The van der Waals surface area contributed by atoms with Crippen molar-refractivity contribution in [3.8, 4) is 5.75 Å². The molecule has 0 bridgehead atoms. The lowest BCUT2D eigenvalue weighted by molar-refractivity contribution is -0.117. The molecule has 1 heterocycles. The van der Waals surface area contributed by atoms with E-state index in [9.17, 15) is 14.7 Å². The van der Waals surface area contributed by atoms with Crippen LogP contribution in [0.2, 0.25) is 0 Å². The smallest absolute Gasteiger partial charge is 0.287 e. The Morgan fingerprint density at radius 3 is 2.42 bits per heavy atom. The second-order valence-corrected chi connectivity index (χ2v) is 6.54. The molecule has 3 N–H and O–H groups in total. The van der Waals surface area contributed by atoms with Crippen LogP contribution in [0.5, 0.6) is 5.75 Å². The highest BCUT2D eigenvalue weighted by Gasteiger charge is 2.15. The monoisotopic (exact) mass is 415 g/mol. The Morgan fingerprint density at radius 1 is 0.968 bits per heavy atom. The molecule has 7 nitrogen and oxygen atoms in total. The van der Waals surface area contributed by atoms with E-state index < -0.39 is 11.8 Å². The van der Waals surface area contributed by atoms with E-state index in [1.165, 1.54) is 18.4 Å². The fourth-order valence-corrected chi connectivity index (χ4v) is 2.60. The van der Waals surface area contributed by atoms with Crippen LogP contribution in [0.15, 0.2) is 93.8 Å². The largest absolute Gasteiger partial charge is 0.507 e. The number of nitrogens with zero attached hydrogens (tertiary/aromatic N) is 1. The van der Waals surface area contributed by atoms with Gasteiger partial charge in [0.2, 0.25) is 0 Å². The van der Waals surface area contributed by atoms with Crippen LogP contribution in [0.1, 0.15) is 28.6 Å². The molecule has 3 aromatic rings. The number of amides is 2. The van der Waals surface area contributed by atoms with E-state index in [1.807, 2.05) is 0 Å². The van der Waals surface area contributed by atoms with E-state index >= 15 is 0 Å². The third-order valence-corrected chi connectivity index (χ3v) is 4.11. The number of allylic oxidation sites excluding steroid dienone is 1. The Kier molecular flexibility index (Phi) is 7.16. The molecule has 2 amide bonds. The molecule has 0 aliphatic heterocycles. The third-order valence-electron chi connectivity index (χ3n) is 4.11. The van der Waals surface area contributed by atoms with Crippen LogP contribution < -0.4 is 10.7 Å². The van der Waals surface area contributed by atoms with Gasteiger partial charge in [-0.2, -0.15) is 5.10 Å². The maximum Gasteiger partial charge on any atom is 0.287 e. The minimum atomic E-state index is -0.644. The van der Waals surface area contributed by atoms with E-state index in [1.54, 1.807) is 79.9 Å². The molecule has 0 spiro atoms. The van der Waals surface area contributed by atoms with E-state index in [0.717, 1.165) is 5.57 Å². The molecule has 0 radical (unpaired) electrons. The van der Waals surface area contributed by atoms with Gasteiger partial charge in [0.05, 0.1) is 12.5 Å². The molecule has 0 fully saturated rings. The summed E-state index contributed by atoms with van der Waals surface area (Å²) in [5.74, 6) is -0.474.